The van der Waals surface area contributed by atoms with Crippen molar-refractivity contribution in [3.05, 3.63) is 23.6 Å². The zero-order chi connectivity index (χ0) is 10.3. The normalized spacial score (nSPS) is 25.9. The highest BCUT2D eigenvalue weighted by Crippen LogP contribution is 2.45. The van der Waals surface area contributed by atoms with Crippen LogP contribution in [0, 0.1) is 0 Å². The molecule has 1 heterocycles. The summed E-state index contributed by atoms with van der Waals surface area (Å²) >= 11 is 5.01. The van der Waals surface area contributed by atoms with Crippen molar-refractivity contribution in [1.82, 2.24) is 5.32 Å². The van der Waals surface area contributed by atoms with Gasteiger partial charge in [0.2, 0.25) is 0 Å². The van der Waals surface area contributed by atoms with Gasteiger partial charge in [0.15, 0.2) is 0 Å². The summed E-state index contributed by atoms with van der Waals surface area (Å²) in [6.07, 6.45) is 4.05. The molecule has 0 aromatic carbocycles. The second-order valence-corrected chi connectivity index (χ2v) is 5.11. The van der Waals surface area contributed by atoms with Gasteiger partial charge in [-0.05, 0) is 6.08 Å². The van der Waals surface area contributed by atoms with E-state index in [2.05, 4.69) is 5.32 Å². The first-order chi connectivity index (χ1) is 6.48. The van der Waals surface area contributed by atoms with Crippen molar-refractivity contribution >= 4 is 24.7 Å². The predicted molar refractivity (Wildman–Crippen MR) is 53.4 cm³/mol. The second-order valence-electron chi connectivity index (χ2n) is 2.97. The van der Waals surface area contributed by atoms with Gasteiger partial charge >= 0.3 is 7.60 Å². The van der Waals surface area contributed by atoms with Crippen LogP contribution in [0.3, 0.4) is 0 Å². The van der Waals surface area contributed by atoms with Gasteiger partial charge in [0.25, 0.3) is 5.97 Å². The van der Waals surface area contributed by atoms with E-state index in [0.29, 0.717) is 22.7 Å². The van der Waals surface area contributed by atoms with Crippen molar-refractivity contribution in [2.24, 2.45) is 0 Å². The van der Waals surface area contributed by atoms with Gasteiger partial charge in [-0.15, -0.1) is 0 Å². The minimum atomic E-state index is -4.28. The van der Waals surface area contributed by atoms with Crippen LogP contribution < -0.4 is 5.32 Å². The molecule has 14 heavy (non-hydrogen) atoms. The summed E-state index contributed by atoms with van der Waals surface area (Å²) in [4.78, 5) is 18.4. The van der Waals surface area contributed by atoms with Crippen LogP contribution >= 0.6 is 19.8 Å². The van der Waals surface area contributed by atoms with Crippen LogP contribution in [0.2, 0.25) is 0 Å². The maximum Gasteiger partial charge on any atom is 0.386 e. The lowest BCUT2D eigenvalue weighted by Crippen LogP contribution is -2.26. The van der Waals surface area contributed by atoms with Crippen molar-refractivity contribution in [3.63, 3.8) is 0 Å². The van der Waals surface area contributed by atoms with Crippen molar-refractivity contribution < 1.29 is 19.1 Å². The maximum atomic E-state index is 10.9. The Bertz CT molecular complexity index is 396. The molecule has 1 aliphatic carbocycles. The van der Waals surface area contributed by atoms with Crippen molar-refractivity contribution in [2.75, 3.05) is 0 Å². The zero-order valence-corrected chi connectivity index (χ0v) is 8.72. The van der Waals surface area contributed by atoms with E-state index in [1.54, 1.807) is 12.2 Å². The number of hydrogen-bond donors (Lipinski definition) is 3. The van der Waals surface area contributed by atoms with E-state index in [0.717, 1.165) is 0 Å². The molecule has 0 amide bonds. The molecule has 7 heteroatoms. The van der Waals surface area contributed by atoms with Gasteiger partial charge in [0, 0.05) is 11.3 Å². The molecule has 1 atom stereocenters. The summed E-state index contributed by atoms with van der Waals surface area (Å²) in [6.45, 7) is 0. The molecule has 0 fully saturated rings. The molecule has 2 aliphatic rings. The largest absolute Gasteiger partial charge is 0.456 e. The topological polar surface area (TPSA) is 78.8 Å². The molecule has 2 rings (SSSR count). The average molecular weight is 233 g/mol. The lowest BCUT2D eigenvalue weighted by atomic mass is 10.1. The van der Waals surface area contributed by atoms with E-state index in [9.17, 15) is 4.57 Å². The Kier molecular flexibility index (Phi) is 2.23. The van der Waals surface area contributed by atoms with E-state index in [1.165, 1.54) is 0 Å². The van der Waals surface area contributed by atoms with Crippen LogP contribution in [0.15, 0.2) is 23.6 Å². The smallest absolute Gasteiger partial charge is 0.386 e. The van der Waals surface area contributed by atoms with E-state index < -0.39 is 13.6 Å². The monoisotopic (exact) mass is 233 g/mol. The first-order valence-electron chi connectivity index (χ1n) is 3.91. The summed E-state index contributed by atoms with van der Waals surface area (Å²) in [6, 6.07) is 0. The van der Waals surface area contributed by atoms with Crippen molar-refractivity contribution in [2.45, 2.75) is 12.4 Å². The van der Waals surface area contributed by atoms with Gasteiger partial charge in [-0.1, -0.05) is 18.3 Å². The van der Waals surface area contributed by atoms with Crippen LogP contribution in [0.25, 0.3) is 0 Å². The molecule has 0 bridgehead atoms. The van der Waals surface area contributed by atoms with Crippen LogP contribution in [-0.2, 0) is 9.30 Å². The molecular formula is C7H8NO4PS. The molecule has 1 aliphatic heterocycles. The van der Waals surface area contributed by atoms with Crippen molar-refractivity contribution in [1.29, 1.82) is 0 Å². The van der Waals surface area contributed by atoms with E-state index in [-0.39, 0.29) is 0 Å². The lowest BCUT2D eigenvalue weighted by Gasteiger charge is -2.13. The summed E-state index contributed by atoms with van der Waals surface area (Å²) in [5, 5.41) is 2.58. The van der Waals surface area contributed by atoms with Gasteiger partial charge in [-0.2, -0.15) is 0 Å². The van der Waals surface area contributed by atoms with Gasteiger partial charge in [-0.3, -0.25) is 4.57 Å². The molecule has 76 valence electrons. The van der Waals surface area contributed by atoms with Crippen LogP contribution in [-0.4, -0.2) is 20.6 Å². The Morgan fingerprint density at radius 1 is 1.64 bits per heavy atom. The molecule has 5 nitrogen and oxygen atoms in total. The second kappa shape index (κ2) is 3.17. The van der Waals surface area contributed by atoms with Crippen molar-refractivity contribution in [3.8, 4) is 0 Å². The van der Waals surface area contributed by atoms with Crippen LogP contribution in [0.4, 0.5) is 0 Å². The number of hydrogen-bond acceptors (Lipinski definition) is 4. The third-order valence-corrected chi connectivity index (χ3v) is 3.13. The molecule has 1 unspecified atom stereocenters. The standard InChI is InChI=1S/C7H8NO4PS/c9-13(10,11)7-8-6-4(12-7)2-1-3-5(6)14/h1-2,7-8H,3H2,(H2,9,10,11). The number of nitrogens with one attached hydrogen (secondary N) is 1. The highest BCUT2D eigenvalue weighted by atomic mass is 32.1. The minimum Gasteiger partial charge on any atom is -0.456 e. The molecule has 0 saturated carbocycles. The lowest BCUT2D eigenvalue weighted by molar-refractivity contribution is 0.167. The molecule has 0 aromatic rings. The SMILES string of the molecule is O=P(O)(O)C1NC2=C(C=CCC2=S)O1. The Labute approximate surface area is 85.6 Å². The van der Waals surface area contributed by atoms with Gasteiger partial charge in [0.05, 0.1) is 5.70 Å². The summed E-state index contributed by atoms with van der Waals surface area (Å²) < 4.78 is 15.9. The zero-order valence-electron chi connectivity index (χ0n) is 7.01. The summed E-state index contributed by atoms with van der Waals surface area (Å²) in [5.74, 6) is -0.886. The number of rotatable bonds is 1. The first-order valence-corrected chi connectivity index (χ1v) is 6.00. The Balaban J connectivity index is 2.24. The maximum absolute atomic E-state index is 10.9. The Morgan fingerprint density at radius 2 is 2.36 bits per heavy atom. The fourth-order valence-corrected chi connectivity index (χ4v) is 2.08. The molecular weight excluding hydrogens is 225 g/mol. The summed E-state index contributed by atoms with van der Waals surface area (Å²) in [7, 11) is -4.28. The average Bonchev–Trinajstić information content (AvgIpc) is 2.48. The van der Waals surface area contributed by atoms with Gasteiger partial charge in [0.1, 0.15) is 5.76 Å². The number of allylic oxidation sites excluding steroid dienone is 3. The van der Waals surface area contributed by atoms with Gasteiger partial charge < -0.3 is 19.8 Å². The summed E-state index contributed by atoms with van der Waals surface area (Å²) in [5.41, 5.74) is 0.524. The third-order valence-electron chi connectivity index (χ3n) is 1.91. The molecule has 0 spiro atoms. The quantitative estimate of drug-likeness (QED) is 0.455. The molecule has 0 radical (unpaired) electrons. The Morgan fingerprint density at radius 3 is 2.93 bits per heavy atom. The molecule has 3 N–H and O–H groups in total. The molecule has 0 saturated heterocycles. The van der Waals surface area contributed by atoms with E-state index >= 15 is 0 Å². The van der Waals surface area contributed by atoms with Crippen LogP contribution in [0.1, 0.15) is 6.42 Å². The van der Waals surface area contributed by atoms with E-state index in [4.69, 9.17) is 26.7 Å². The third kappa shape index (κ3) is 1.62. The van der Waals surface area contributed by atoms with E-state index in [1.807, 2.05) is 0 Å². The predicted octanol–water partition coefficient (Wildman–Crippen LogP) is 0.609. The highest BCUT2D eigenvalue weighted by Gasteiger charge is 2.38. The fourth-order valence-electron chi connectivity index (χ4n) is 1.27. The molecule has 0 aromatic heterocycles. The minimum absolute atomic E-state index is 0.412. The van der Waals surface area contributed by atoms with Crippen LogP contribution in [0.5, 0.6) is 0 Å². The number of thiocarbonyl (C=S) groups is 1. The highest BCUT2D eigenvalue weighted by molar-refractivity contribution is 7.80. The first kappa shape index (κ1) is 9.86. The number of ether oxygens (including phenoxy) is 1. The van der Waals surface area contributed by atoms with Gasteiger partial charge in [-0.25, -0.2) is 0 Å². The fraction of sp³-hybridized carbons (Fsp3) is 0.286. The Hall–Kier alpha value is -0.680.